The molecule has 0 radical (unpaired) electrons. The van der Waals surface area contributed by atoms with Gasteiger partial charge in [-0.25, -0.2) is 9.97 Å². The molecule has 0 aromatic carbocycles. The Labute approximate surface area is 141 Å². The number of fused-ring (bicyclic) bond motifs is 1. The van der Waals surface area contributed by atoms with Crippen molar-refractivity contribution in [1.82, 2.24) is 24.6 Å². The lowest BCUT2D eigenvalue weighted by Crippen LogP contribution is -2.37. The average molecular weight is 322 g/mol. The van der Waals surface area contributed by atoms with Crippen LogP contribution in [0.1, 0.15) is 29.9 Å². The van der Waals surface area contributed by atoms with Crippen LogP contribution in [0.15, 0.2) is 30.6 Å². The minimum absolute atomic E-state index is 0.552. The van der Waals surface area contributed by atoms with Crippen LogP contribution in [0.4, 0.5) is 5.95 Å². The number of pyridine rings is 1. The Bertz CT molecular complexity index is 856. The fraction of sp³-hybridized carbons (Fsp3) is 0.444. The monoisotopic (exact) mass is 322 g/mol. The zero-order valence-corrected chi connectivity index (χ0v) is 14.2. The SMILES string of the molecule is Cc1cnc(N2CCCC(Cc3nnc4ccccn34)C2)nc1C. The summed E-state index contributed by atoms with van der Waals surface area (Å²) in [5.74, 6) is 2.45. The fourth-order valence-corrected chi connectivity index (χ4v) is 3.37. The van der Waals surface area contributed by atoms with Crippen molar-refractivity contribution in [3.63, 3.8) is 0 Å². The molecule has 0 N–H and O–H groups in total. The molecule has 1 atom stereocenters. The highest BCUT2D eigenvalue weighted by Gasteiger charge is 2.23. The van der Waals surface area contributed by atoms with Gasteiger partial charge in [0, 0.05) is 37.6 Å². The Morgan fingerprint density at radius 1 is 1.21 bits per heavy atom. The van der Waals surface area contributed by atoms with Crippen LogP contribution in [0.2, 0.25) is 0 Å². The number of aromatic nitrogens is 5. The minimum Gasteiger partial charge on any atom is -0.341 e. The summed E-state index contributed by atoms with van der Waals surface area (Å²) < 4.78 is 2.09. The molecular weight excluding hydrogens is 300 g/mol. The Kier molecular flexibility index (Phi) is 3.88. The summed E-state index contributed by atoms with van der Waals surface area (Å²) in [6.45, 7) is 6.10. The Hall–Kier alpha value is -2.50. The molecule has 3 aromatic heterocycles. The maximum atomic E-state index is 4.66. The van der Waals surface area contributed by atoms with E-state index in [0.717, 1.165) is 54.6 Å². The van der Waals surface area contributed by atoms with E-state index in [0.29, 0.717) is 5.92 Å². The van der Waals surface area contributed by atoms with Crippen LogP contribution in [0, 0.1) is 19.8 Å². The molecule has 4 heterocycles. The molecule has 4 rings (SSSR count). The fourth-order valence-electron chi connectivity index (χ4n) is 3.37. The van der Waals surface area contributed by atoms with Gasteiger partial charge >= 0.3 is 0 Å². The van der Waals surface area contributed by atoms with Crippen LogP contribution in [0.25, 0.3) is 5.65 Å². The van der Waals surface area contributed by atoms with Crippen LogP contribution < -0.4 is 4.90 Å². The first-order chi connectivity index (χ1) is 11.7. The van der Waals surface area contributed by atoms with Gasteiger partial charge in [0.2, 0.25) is 5.95 Å². The number of piperidine rings is 1. The predicted molar refractivity (Wildman–Crippen MR) is 93.1 cm³/mol. The van der Waals surface area contributed by atoms with E-state index in [1.165, 1.54) is 6.42 Å². The molecule has 1 unspecified atom stereocenters. The Morgan fingerprint density at radius 2 is 2.12 bits per heavy atom. The summed E-state index contributed by atoms with van der Waals surface area (Å²) in [5.41, 5.74) is 3.12. The average Bonchev–Trinajstić information content (AvgIpc) is 3.01. The largest absolute Gasteiger partial charge is 0.341 e. The topological polar surface area (TPSA) is 59.2 Å². The molecule has 24 heavy (non-hydrogen) atoms. The van der Waals surface area contributed by atoms with Gasteiger partial charge in [-0.15, -0.1) is 10.2 Å². The van der Waals surface area contributed by atoms with Gasteiger partial charge in [-0.2, -0.15) is 0 Å². The molecule has 0 bridgehead atoms. The van der Waals surface area contributed by atoms with Gasteiger partial charge < -0.3 is 4.90 Å². The highest BCUT2D eigenvalue weighted by molar-refractivity contribution is 5.37. The number of hydrogen-bond donors (Lipinski definition) is 0. The van der Waals surface area contributed by atoms with E-state index >= 15 is 0 Å². The molecular formula is C18H22N6. The summed E-state index contributed by atoms with van der Waals surface area (Å²) in [6.07, 6.45) is 7.28. The van der Waals surface area contributed by atoms with E-state index in [4.69, 9.17) is 0 Å². The van der Waals surface area contributed by atoms with E-state index in [9.17, 15) is 0 Å². The van der Waals surface area contributed by atoms with Crippen molar-refractivity contribution >= 4 is 11.6 Å². The summed E-state index contributed by atoms with van der Waals surface area (Å²) in [7, 11) is 0. The van der Waals surface area contributed by atoms with Crippen molar-refractivity contribution in [1.29, 1.82) is 0 Å². The lowest BCUT2D eigenvalue weighted by Gasteiger charge is -2.32. The van der Waals surface area contributed by atoms with E-state index in [-0.39, 0.29) is 0 Å². The predicted octanol–water partition coefficient (Wildman–Crippen LogP) is 2.60. The van der Waals surface area contributed by atoms with Gasteiger partial charge in [0.1, 0.15) is 5.82 Å². The van der Waals surface area contributed by atoms with E-state index in [1.54, 1.807) is 0 Å². The second kappa shape index (κ2) is 6.19. The van der Waals surface area contributed by atoms with Crippen molar-refractivity contribution in [3.05, 3.63) is 47.7 Å². The third kappa shape index (κ3) is 2.84. The number of hydrogen-bond acceptors (Lipinski definition) is 5. The highest BCUT2D eigenvalue weighted by atomic mass is 15.3. The smallest absolute Gasteiger partial charge is 0.225 e. The van der Waals surface area contributed by atoms with Crippen molar-refractivity contribution in [2.45, 2.75) is 33.1 Å². The zero-order chi connectivity index (χ0) is 16.5. The number of rotatable bonds is 3. The number of nitrogens with zero attached hydrogens (tertiary/aromatic N) is 6. The van der Waals surface area contributed by atoms with Crippen LogP contribution in [0.5, 0.6) is 0 Å². The van der Waals surface area contributed by atoms with Crippen LogP contribution in [0.3, 0.4) is 0 Å². The molecule has 0 spiro atoms. The lowest BCUT2D eigenvalue weighted by molar-refractivity contribution is 0.401. The summed E-state index contributed by atoms with van der Waals surface area (Å²) >= 11 is 0. The van der Waals surface area contributed by atoms with Crippen LogP contribution in [-0.2, 0) is 6.42 Å². The Balaban J connectivity index is 1.51. The van der Waals surface area contributed by atoms with Crippen LogP contribution in [-0.4, -0.2) is 37.7 Å². The van der Waals surface area contributed by atoms with Gasteiger partial charge in [0.15, 0.2) is 5.65 Å². The number of aryl methyl sites for hydroxylation is 2. The molecule has 1 aliphatic rings. The zero-order valence-electron chi connectivity index (χ0n) is 14.2. The van der Waals surface area contributed by atoms with Crippen molar-refractivity contribution in [3.8, 4) is 0 Å². The quantitative estimate of drug-likeness (QED) is 0.742. The first-order valence-corrected chi connectivity index (χ1v) is 8.54. The second-order valence-electron chi connectivity index (χ2n) is 6.64. The summed E-state index contributed by atoms with van der Waals surface area (Å²) in [4.78, 5) is 11.5. The lowest BCUT2D eigenvalue weighted by atomic mass is 9.94. The molecule has 1 fully saturated rings. The molecule has 124 valence electrons. The molecule has 0 aliphatic carbocycles. The third-order valence-corrected chi connectivity index (χ3v) is 4.87. The molecule has 6 heteroatoms. The van der Waals surface area contributed by atoms with E-state index < -0.39 is 0 Å². The van der Waals surface area contributed by atoms with Crippen molar-refractivity contribution in [2.75, 3.05) is 18.0 Å². The van der Waals surface area contributed by atoms with Crippen molar-refractivity contribution in [2.24, 2.45) is 5.92 Å². The number of anilines is 1. The molecule has 1 aliphatic heterocycles. The standard InChI is InChI=1S/C18H22N6/c1-13-11-19-18(20-14(13)2)23-8-5-6-15(12-23)10-17-22-21-16-7-3-4-9-24(16)17/h3-4,7,9,11,15H,5-6,8,10,12H2,1-2H3. The maximum absolute atomic E-state index is 4.66. The van der Waals surface area contributed by atoms with E-state index in [2.05, 4.69) is 36.4 Å². The van der Waals surface area contributed by atoms with Crippen molar-refractivity contribution < 1.29 is 0 Å². The highest BCUT2D eigenvalue weighted by Crippen LogP contribution is 2.23. The van der Waals surface area contributed by atoms with Gasteiger partial charge in [0.05, 0.1) is 0 Å². The maximum Gasteiger partial charge on any atom is 0.225 e. The Morgan fingerprint density at radius 3 is 3.00 bits per heavy atom. The van der Waals surface area contributed by atoms with Crippen LogP contribution >= 0.6 is 0 Å². The molecule has 6 nitrogen and oxygen atoms in total. The second-order valence-corrected chi connectivity index (χ2v) is 6.64. The third-order valence-electron chi connectivity index (χ3n) is 4.87. The van der Waals surface area contributed by atoms with Gasteiger partial charge in [-0.3, -0.25) is 4.40 Å². The first-order valence-electron chi connectivity index (χ1n) is 8.54. The molecule has 1 saturated heterocycles. The van der Waals surface area contributed by atoms with E-state index in [1.807, 2.05) is 37.5 Å². The molecule has 0 amide bonds. The van der Waals surface area contributed by atoms with Gasteiger partial charge in [-0.05, 0) is 50.3 Å². The first kappa shape index (κ1) is 15.1. The van der Waals surface area contributed by atoms with Gasteiger partial charge in [-0.1, -0.05) is 6.07 Å². The summed E-state index contributed by atoms with van der Waals surface area (Å²) in [5, 5.41) is 8.63. The normalized spacial score (nSPS) is 18.2. The summed E-state index contributed by atoms with van der Waals surface area (Å²) in [6, 6.07) is 6.01. The van der Waals surface area contributed by atoms with Gasteiger partial charge in [0.25, 0.3) is 0 Å². The molecule has 3 aromatic rings. The minimum atomic E-state index is 0.552. The molecule has 0 saturated carbocycles.